The summed E-state index contributed by atoms with van der Waals surface area (Å²) in [5, 5.41) is 8.10. The van der Waals surface area contributed by atoms with Gasteiger partial charge in [0.05, 0.1) is 22.0 Å². The zero-order chi connectivity index (χ0) is 27.7. The van der Waals surface area contributed by atoms with Crippen LogP contribution in [0.3, 0.4) is 0 Å². The van der Waals surface area contributed by atoms with Crippen molar-refractivity contribution in [3.63, 3.8) is 0 Å². The molecule has 0 saturated carbocycles. The molecule has 1 atom stereocenters. The molecule has 1 heterocycles. The van der Waals surface area contributed by atoms with E-state index in [-0.39, 0.29) is 11.9 Å². The second-order valence-electron chi connectivity index (χ2n) is 10.1. The number of H-pyrrole nitrogens is 1. The highest BCUT2D eigenvalue weighted by Gasteiger charge is 2.31. The van der Waals surface area contributed by atoms with Crippen molar-refractivity contribution in [1.82, 2.24) is 10.2 Å². The third kappa shape index (κ3) is 6.69. The Labute approximate surface area is 223 Å². The van der Waals surface area contributed by atoms with Crippen LogP contribution in [0.1, 0.15) is 54.0 Å². The number of rotatable bonds is 7. The number of halogens is 3. The van der Waals surface area contributed by atoms with Gasteiger partial charge in [0.1, 0.15) is 11.4 Å². The number of aromatic nitrogens is 2. The van der Waals surface area contributed by atoms with Gasteiger partial charge in [-0.2, -0.15) is 18.3 Å². The van der Waals surface area contributed by atoms with Crippen LogP contribution in [0.5, 0.6) is 5.75 Å². The monoisotopic (exact) mass is 542 g/mol. The van der Waals surface area contributed by atoms with Gasteiger partial charge in [0.15, 0.2) is 6.61 Å². The Hall–Kier alpha value is -3.46. The van der Waals surface area contributed by atoms with Crippen LogP contribution in [-0.2, 0) is 15.7 Å². The molecule has 1 aromatic heterocycles. The maximum atomic E-state index is 13.2. The smallest absolute Gasteiger partial charge is 0.416 e. The molecule has 4 rings (SSSR count). The van der Waals surface area contributed by atoms with Crippen molar-refractivity contribution in [2.45, 2.75) is 56.5 Å². The lowest BCUT2D eigenvalue weighted by atomic mass is 10.0. The molecule has 38 heavy (non-hydrogen) atoms. The predicted octanol–water partition coefficient (Wildman–Crippen LogP) is 7.80. The number of hydrogen-bond acceptors (Lipinski definition) is 5. The number of nitrogens with zero attached hydrogens (tertiary/aromatic N) is 1. The molecule has 1 N–H and O–H groups in total. The highest BCUT2D eigenvalue weighted by molar-refractivity contribution is 7.99. The summed E-state index contributed by atoms with van der Waals surface area (Å²) in [4.78, 5) is 12.9. The number of nitrogens with one attached hydrogen (secondary N) is 1. The third-order valence-electron chi connectivity index (χ3n) is 5.71. The van der Waals surface area contributed by atoms with Crippen molar-refractivity contribution < 1.29 is 27.4 Å². The first-order chi connectivity index (χ1) is 17.8. The van der Waals surface area contributed by atoms with Gasteiger partial charge in [0, 0.05) is 10.3 Å². The number of aromatic amines is 1. The van der Waals surface area contributed by atoms with Crippen molar-refractivity contribution in [2.75, 3.05) is 6.61 Å². The van der Waals surface area contributed by atoms with Crippen LogP contribution < -0.4 is 4.74 Å². The summed E-state index contributed by atoms with van der Waals surface area (Å²) in [6, 6.07) is 16.7. The summed E-state index contributed by atoms with van der Waals surface area (Å²) in [6.07, 6.45) is -4.41. The van der Waals surface area contributed by atoms with Gasteiger partial charge in [-0.1, -0.05) is 23.8 Å². The average molecular weight is 543 g/mol. The summed E-state index contributed by atoms with van der Waals surface area (Å²) < 4.78 is 50.6. The van der Waals surface area contributed by atoms with Gasteiger partial charge in [-0.05, 0) is 88.2 Å². The highest BCUT2D eigenvalue weighted by Crippen LogP contribution is 2.44. The fourth-order valence-electron chi connectivity index (χ4n) is 3.99. The first-order valence-corrected chi connectivity index (χ1v) is 12.9. The number of hydrogen-bond donors (Lipinski definition) is 1. The van der Waals surface area contributed by atoms with Crippen molar-refractivity contribution in [2.24, 2.45) is 0 Å². The number of benzene rings is 3. The van der Waals surface area contributed by atoms with E-state index in [0.717, 1.165) is 44.8 Å². The molecule has 5 nitrogen and oxygen atoms in total. The molecular weight excluding hydrogens is 513 g/mol. The number of fused-ring (bicyclic) bond motifs is 1. The fraction of sp³-hybridized carbons (Fsp3) is 0.310. The highest BCUT2D eigenvalue weighted by atomic mass is 32.2. The molecular formula is C29H29F3N2O3S. The number of thioether (sulfide) groups is 1. The normalized spacial score (nSPS) is 12.9. The molecule has 9 heteroatoms. The summed E-state index contributed by atoms with van der Waals surface area (Å²) in [5.74, 6) is 0.0908. The van der Waals surface area contributed by atoms with Crippen LogP contribution in [-0.4, -0.2) is 28.4 Å². The van der Waals surface area contributed by atoms with Crippen LogP contribution >= 0.6 is 11.8 Å². The van der Waals surface area contributed by atoms with Crippen molar-refractivity contribution in [3.8, 4) is 5.75 Å². The number of esters is 1. The van der Waals surface area contributed by atoms with E-state index in [9.17, 15) is 18.0 Å². The third-order valence-corrected chi connectivity index (χ3v) is 6.98. The molecule has 3 aromatic carbocycles. The summed E-state index contributed by atoms with van der Waals surface area (Å²) >= 11 is 1.49. The zero-order valence-electron chi connectivity index (χ0n) is 21.8. The van der Waals surface area contributed by atoms with Crippen LogP contribution in [0, 0.1) is 13.8 Å². The largest absolute Gasteiger partial charge is 0.482 e. The minimum atomic E-state index is -4.41. The number of carbonyl (C=O) groups is 1. The Morgan fingerprint density at radius 2 is 1.71 bits per heavy atom. The molecule has 0 saturated heterocycles. The minimum Gasteiger partial charge on any atom is -0.482 e. The molecule has 0 amide bonds. The maximum Gasteiger partial charge on any atom is 0.416 e. The van der Waals surface area contributed by atoms with Gasteiger partial charge < -0.3 is 9.47 Å². The molecule has 4 aromatic rings. The molecule has 0 aliphatic heterocycles. The molecule has 0 aliphatic rings. The van der Waals surface area contributed by atoms with Crippen LogP contribution in [0.25, 0.3) is 10.9 Å². The summed E-state index contributed by atoms with van der Waals surface area (Å²) in [6.45, 7) is 9.02. The molecule has 0 bridgehead atoms. The average Bonchev–Trinajstić information content (AvgIpc) is 3.23. The van der Waals surface area contributed by atoms with Crippen LogP contribution in [0.4, 0.5) is 13.2 Å². The lowest BCUT2D eigenvalue weighted by Crippen LogP contribution is -2.27. The van der Waals surface area contributed by atoms with Crippen molar-refractivity contribution in [3.05, 3.63) is 88.6 Å². The maximum absolute atomic E-state index is 13.2. The first kappa shape index (κ1) is 27.6. The zero-order valence-corrected chi connectivity index (χ0v) is 22.6. The predicted molar refractivity (Wildman–Crippen MR) is 142 cm³/mol. The molecule has 0 aliphatic carbocycles. The van der Waals surface area contributed by atoms with Gasteiger partial charge in [-0.3, -0.25) is 5.10 Å². The molecule has 200 valence electrons. The fourth-order valence-corrected chi connectivity index (χ4v) is 5.24. The first-order valence-electron chi connectivity index (χ1n) is 12.0. The molecule has 1 unspecified atom stereocenters. The Morgan fingerprint density at radius 1 is 1.00 bits per heavy atom. The van der Waals surface area contributed by atoms with Crippen molar-refractivity contribution in [1.29, 1.82) is 0 Å². The van der Waals surface area contributed by atoms with Gasteiger partial charge in [0.2, 0.25) is 0 Å². The second-order valence-corrected chi connectivity index (χ2v) is 11.3. The van der Waals surface area contributed by atoms with Gasteiger partial charge in [0.25, 0.3) is 0 Å². The van der Waals surface area contributed by atoms with Gasteiger partial charge in [-0.25, -0.2) is 4.79 Å². The number of aryl methyl sites for hydroxylation is 2. The quantitative estimate of drug-likeness (QED) is 0.191. The Morgan fingerprint density at radius 3 is 2.34 bits per heavy atom. The van der Waals surface area contributed by atoms with E-state index in [1.54, 1.807) is 26.8 Å². The molecule has 0 fully saturated rings. The number of ether oxygens (including phenoxy) is 2. The van der Waals surface area contributed by atoms with Gasteiger partial charge >= 0.3 is 12.1 Å². The molecule has 0 spiro atoms. The van der Waals surface area contributed by atoms with E-state index in [2.05, 4.69) is 10.2 Å². The Bertz CT molecular complexity index is 1440. The Kier molecular flexibility index (Phi) is 7.78. The SMILES string of the molecule is Cc1ccc2n[nH]c(C(Sc3ccc(OCC(=O)OC(C)(C)C)c(C)c3)c3ccc(C(F)(F)F)cc3)c2c1. The van der Waals surface area contributed by atoms with E-state index >= 15 is 0 Å². The van der Waals surface area contributed by atoms with E-state index in [1.165, 1.54) is 23.9 Å². The van der Waals surface area contributed by atoms with E-state index in [1.807, 2.05) is 44.2 Å². The summed E-state index contributed by atoms with van der Waals surface area (Å²) in [7, 11) is 0. The minimum absolute atomic E-state index is 0.210. The van der Waals surface area contributed by atoms with Gasteiger partial charge in [-0.15, -0.1) is 11.8 Å². The van der Waals surface area contributed by atoms with E-state index < -0.39 is 23.3 Å². The van der Waals surface area contributed by atoms with Crippen LogP contribution in [0.2, 0.25) is 0 Å². The van der Waals surface area contributed by atoms with Crippen molar-refractivity contribution >= 4 is 28.6 Å². The molecule has 0 radical (unpaired) electrons. The lowest BCUT2D eigenvalue weighted by molar-refractivity contribution is -0.157. The topological polar surface area (TPSA) is 64.2 Å². The van der Waals surface area contributed by atoms with Crippen LogP contribution in [0.15, 0.2) is 65.6 Å². The standard InChI is InChI=1S/C29H29F3N2O3S/c1-17-6-12-23-22(14-17)26(34-33-23)27(19-7-9-20(10-8-19)29(30,31)32)38-21-11-13-24(18(2)15-21)36-16-25(35)37-28(3,4)5/h6-15,27H,16H2,1-5H3,(H,33,34). The lowest BCUT2D eigenvalue weighted by Gasteiger charge is -2.20. The summed E-state index contributed by atoms with van der Waals surface area (Å²) in [5.41, 5.74) is 2.87. The second kappa shape index (κ2) is 10.7. The number of carbonyl (C=O) groups excluding carboxylic acids is 1. The van der Waals surface area contributed by atoms with E-state index in [4.69, 9.17) is 9.47 Å². The number of alkyl halides is 3. The van der Waals surface area contributed by atoms with E-state index in [0.29, 0.717) is 11.3 Å². The Balaban J connectivity index is 1.63.